The summed E-state index contributed by atoms with van der Waals surface area (Å²) in [5.74, 6) is 0.725. The van der Waals surface area contributed by atoms with Gasteiger partial charge in [0.05, 0.1) is 36.8 Å². The number of rotatable bonds is 4. The average molecular weight is 254 g/mol. The smallest absolute Gasteiger partial charge is 0.140 e. The van der Waals surface area contributed by atoms with Crippen molar-refractivity contribution in [2.75, 3.05) is 0 Å². The Morgan fingerprint density at radius 1 is 1.16 bits per heavy atom. The molecule has 1 aromatic carbocycles. The lowest BCUT2D eigenvalue weighted by Crippen LogP contribution is -1.99. The second-order valence-electron chi connectivity index (χ2n) is 4.33. The van der Waals surface area contributed by atoms with E-state index in [4.69, 9.17) is 5.11 Å². The minimum atomic E-state index is -0.0366. The molecular formula is C14H14N4O. The zero-order valence-electron chi connectivity index (χ0n) is 10.3. The van der Waals surface area contributed by atoms with E-state index in [9.17, 15) is 0 Å². The average Bonchev–Trinajstić information content (AvgIpc) is 3.08. The van der Waals surface area contributed by atoms with Gasteiger partial charge in [-0.3, -0.25) is 4.68 Å². The standard InChI is InChI=1S/C14H14N4O/c19-10-13-7-15-14(17-13)12-6-16-18(9-12)8-11-4-2-1-3-5-11/h1-7,9,19H,8,10H2,(H,15,17). The first-order chi connectivity index (χ1) is 9.35. The first kappa shape index (κ1) is 11.7. The molecule has 0 saturated heterocycles. The van der Waals surface area contributed by atoms with Gasteiger partial charge in [0.15, 0.2) is 0 Å². The number of nitrogens with one attached hydrogen (secondary N) is 1. The van der Waals surface area contributed by atoms with Crippen molar-refractivity contribution in [3.05, 3.63) is 60.2 Å². The number of aromatic nitrogens is 4. The Bertz CT molecular complexity index is 657. The molecule has 2 N–H and O–H groups in total. The van der Waals surface area contributed by atoms with Crippen molar-refractivity contribution >= 4 is 0 Å². The van der Waals surface area contributed by atoms with E-state index in [1.807, 2.05) is 29.1 Å². The number of benzene rings is 1. The van der Waals surface area contributed by atoms with E-state index >= 15 is 0 Å². The van der Waals surface area contributed by atoms with Crippen molar-refractivity contribution in [1.82, 2.24) is 19.7 Å². The molecule has 0 atom stereocenters. The Balaban J connectivity index is 1.79. The van der Waals surface area contributed by atoms with E-state index in [2.05, 4.69) is 27.2 Å². The van der Waals surface area contributed by atoms with Crippen molar-refractivity contribution in [3.63, 3.8) is 0 Å². The van der Waals surface area contributed by atoms with Gasteiger partial charge in [0.1, 0.15) is 5.82 Å². The van der Waals surface area contributed by atoms with Gasteiger partial charge in [-0.1, -0.05) is 30.3 Å². The second-order valence-corrected chi connectivity index (χ2v) is 4.33. The molecule has 0 saturated carbocycles. The van der Waals surface area contributed by atoms with Crippen LogP contribution in [0.4, 0.5) is 0 Å². The van der Waals surface area contributed by atoms with Crippen LogP contribution in [0.25, 0.3) is 11.4 Å². The van der Waals surface area contributed by atoms with Crippen molar-refractivity contribution in [2.24, 2.45) is 0 Å². The zero-order valence-corrected chi connectivity index (χ0v) is 10.3. The zero-order chi connectivity index (χ0) is 13.1. The van der Waals surface area contributed by atoms with Crippen LogP contribution in [0.15, 0.2) is 48.9 Å². The van der Waals surface area contributed by atoms with Gasteiger partial charge in [-0.2, -0.15) is 5.10 Å². The van der Waals surface area contributed by atoms with Crippen LogP contribution in [0, 0.1) is 0 Å². The Morgan fingerprint density at radius 3 is 2.74 bits per heavy atom. The van der Waals surface area contributed by atoms with E-state index in [1.165, 1.54) is 5.56 Å². The fourth-order valence-electron chi connectivity index (χ4n) is 1.93. The molecule has 0 unspecified atom stereocenters. The normalized spacial score (nSPS) is 10.8. The minimum Gasteiger partial charge on any atom is -0.390 e. The third-order valence-corrected chi connectivity index (χ3v) is 2.89. The van der Waals surface area contributed by atoms with Gasteiger partial charge in [-0.15, -0.1) is 0 Å². The van der Waals surface area contributed by atoms with Gasteiger partial charge >= 0.3 is 0 Å². The van der Waals surface area contributed by atoms with Crippen molar-refractivity contribution in [2.45, 2.75) is 13.2 Å². The quantitative estimate of drug-likeness (QED) is 0.746. The van der Waals surface area contributed by atoms with Gasteiger partial charge in [-0.05, 0) is 5.56 Å². The number of aromatic amines is 1. The molecular weight excluding hydrogens is 240 g/mol. The highest BCUT2D eigenvalue weighted by Crippen LogP contribution is 2.15. The topological polar surface area (TPSA) is 66.7 Å². The van der Waals surface area contributed by atoms with Gasteiger partial charge < -0.3 is 10.1 Å². The number of nitrogens with zero attached hydrogens (tertiary/aromatic N) is 3. The summed E-state index contributed by atoms with van der Waals surface area (Å²) >= 11 is 0. The fourth-order valence-corrected chi connectivity index (χ4v) is 1.93. The summed E-state index contributed by atoms with van der Waals surface area (Å²) in [6, 6.07) is 10.2. The van der Waals surface area contributed by atoms with Crippen LogP contribution >= 0.6 is 0 Å². The molecule has 96 valence electrons. The molecule has 0 fully saturated rings. The molecule has 2 aromatic heterocycles. The number of hydrogen-bond donors (Lipinski definition) is 2. The van der Waals surface area contributed by atoms with Crippen molar-refractivity contribution < 1.29 is 5.11 Å². The first-order valence-electron chi connectivity index (χ1n) is 6.06. The number of aliphatic hydroxyl groups excluding tert-OH is 1. The maximum absolute atomic E-state index is 9.01. The number of aliphatic hydroxyl groups is 1. The molecule has 0 bridgehead atoms. The van der Waals surface area contributed by atoms with E-state index < -0.39 is 0 Å². The van der Waals surface area contributed by atoms with Crippen LogP contribution in [0.3, 0.4) is 0 Å². The molecule has 0 aliphatic rings. The SMILES string of the molecule is OCc1cnc(-c2cnn(Cc3ccccc3)c2)[nH]1. The maximum atomic E-state index is 9.01. The molecule has 3 rings (SSSR count). The summed E-state index contributed by atoms with van der Waals surface area (Å²) in [6.07, 6.45) is 5.33. The predicted octanol–water partition coefficient (Wildman–Crippen LogP) is 1.81. The number of hydrogen-bond acceptors (Lipinski definition) is 3. The predicted molar refractivity (Wildman–Crippen MR) is 71.3 cm³/mol. The molecule has 0 spiro atoms. The molecule has 5 nitrogen and oxygen atoms in total. The second kappa shape index (κ2) is 5.07. The van der Waals surface area contributed by atoms with Crippen LogP contribution in [0.1, 0.15) is 11.3 Å². The van der Waals surface area contributed by atoms with Crippen LogP contribution < -0.4 is 0 Å². The third-order valence-electron chi connectivity index (χ3n) is 2.89. The molecule has 5 heteroatoms. The molecule has 0 amide bonds. The maximum Gasteiger partial charge on any atom is 0.140 e. The van der Waals surface area contributed by atoms with Crippen LogP contribution in [-0.2, 0) is 13.2 Å². The van der Waals surface area contributed by atoms with Crippen molar-refractivity contribution in [1.29, 1.82) is 0 Å². The highest BCUT2D eigenvalue weighted by Gasteiger charge is 2.06. The summed E-state index contributed by atoms with van der Waals surface area (Å²) in [7, 11) is 0. The van der Waals surface area contributed by atoms with E-state index in [0.717, 1.165) is 17.9 Å². The van der Waals surface area contributed by atoms with Gasteiger partial charge in [0.2, 0.25) is 0 Å². The molecule has 0 radical (unpaired) electrons. The summed E-state index contributed by atoms with van der Waals surface area (Å²) in [5.41, 5.74) is 2.81. The lowest BCUT2D eigenvalue weighted by atomic mass is 10.2. The Hall–Kier alpha value is -2.40. The fraction of sp³-hybridized carbons (Fsp3) is 0.143. The lowest BCUT2D eigenvalue weighted by Gasteiger charge is -2.00. The van der Waals surface area contributed by atoms with Crippen LogP contribution in [0.2, 0.25) is 0 Å². The number of H-pyrrole nitrogens is 1. The van der Waals surface area contributed by atoms with Gasteiger partial charge in [-0.25, -0.2) is 4.98 Å². The Labute approximate surface area is 110 Å². The number of imidazole rings is 1. The summed E-state index contributed by atoms with van der Waals surface area (Å²) < 4.78 is 1.87. The van der Waals surface area contributed by atoms with Crippen molar-refractivity contribution in [3.8, 4) is 11.4 Å². The van der Waals surface area contributed by atoms with Gasteiger partial charge in [0, 0.05) is 6.20 Å². The summed E-state index contributed by atoms with van der Waals surface area (Å²) in [6.45, 7) is 0.694. The largest absolute Gasteiger partial charge is 0.390 e. The van der Waals surface area contributed by atoms with E-state index in [1.54, 1.807) is 12.4 Å². The molecule has 2 heterocycles. The Kier molecular flexibility index (Phi) is 3.12. The van der Waals surface area contributed by atoms with E-state index in [0.29, 0.717) is 5.69 Å². The Morgan fingerprint density at radius 2 is 2.00 bits per heavy atom. The monoisotopic (exact) mass is 254 g/mol. The van der Waals surface area contributed by atoms with Gasteiger partial charge in [0.25, 0.3) is 0 Å². The molecule has 19 heavy (non-hydrogen) atoms. The molecule has 3 aromatic rings. The summed E-state index contributed by atoms with van der Waals surface area (Å²) in [4.78, 5) is 7.25. The lowest BCUT2D eigenvalue weighted by molar-refractivity contribution is 0.277. The van der Waals surface area contributed by atoms with Crippen LogP contribution in [-0.4, -0.2) is 24.9 Å². The molecule has 0 aliphatic carbocycles. The summed E-state index contributed by atoms with van der Waals surface area (Å²) in [5, 5.41) is 13.3. The highest BCUT2D eigenvalue weighted by molar-refractivity contribution is 5.52. The first-order valence-corrected chi connectivity index (χ1v) is 6.06. The van der Waals surface area contributed by atoms with E-state index in [-0.39, 0.29) is 6.61 Å². The van der Waals surface area contributed by atoms with Crippen LogP contribution in [0.5, 0.6) is 0 Å². The third kappa shape index (κ3) is 2.56. The highest BCUT2D eigenvalue weighted by atomic mass is 16.3. The molecule has 0 aliphatic heterocycles. The minimum absolute atomic E-state index is 0.0366.